The summed E-state index contributed by atoms with van der Waals surface area (Å²) in [5, 5.41) is 6.34. The van der Waals surface area contributed by atoms with Crippen molar-refractivity contribution in [1.82, 2.24) is 15.6 Å². The van der Waals surface area contributed by atoms with E-state index in [-0.39, 0.29) is 11.4 Å². The molecule has 18 heavy (non-hydrogen) atoms. The van der Waals surface area contributed by atoms with E-state index in [9.17, 15) is 4.79 Å². The van der Waals surface area contributed by atoms with Gasteiger partial charge in [-0.25, -0.2) is 0 Å². The second-order valence-electron chi connectivity index (χ2n) is 5.08. The van der Waals surface area contributed by atoms with Crippen LogP contribution in [0.15, 0.2) is 24.5 Å². The third-order valence-electron chi connectivity index (χ3n) is 3.57. The van der Waals surface area contributed by atoms with Gasteiger partial charge in [-0.05, 0) is 56.8 Å². The molecule has 1 aromatic rings. The van der Waals surface area contributed by atoms with Crippen molar-refractivity contribution in [3.63, 3.8) is 0 Å². The van der Waals surface area contributed by atoms with Crippen LogP contribution < -0.4 is 10.6 Å². The smallest absolute Gasteiger partial charge is 0.240 e. The predicted octanol–water partition coefficient (Wildman–Crippen LogP) is 1.27. The zero-order chi connectivity index (χ0) is 12.8. The zero-order valence-corrected chi connectivity index (χ0v) is 10.9. The summed E-state index contributed by atoms with van der Waals surface area (Å²) < 4.78 is 0. The molecular formula is C14H21N3O. The van der Waals surface area contributed by atoms with Gasteiger partial charge in [0.05, 0.1) is 5.54 Å². The molecule has 1 unspecified atom stereocenters. The Morgan fingerprint density at radius 2 is 2.22 bits per heavy atom. The molecule has 2 N–H and O–H groups in total. The molecule has 1 fully saturated rings. The molecule has 1 aliphatic rings. The number of nitrogens with one attached hydrogen (secondary N) is 2. The molecule has 4 heteroatoms. The minimum absolute atomic E-state index is 0.122. The van der Waals surface area contributed by atoms with E-state index in [0.717, 1.165) is 25.8 Å². The van der Waals surface area contributed by atoms with Crippen molar-refractivity contribution in [2.45, 2.75) is 38.1 Å². The van der Waals surface area contributed by atoms with Crippen LogP contribution in [0.1, 0.15) is 31.7 Å². The molecule has 1 aromatic heterocycles. The molecule has 4 nitrogen and oxygen atoms in total. The Morgan fingerprint density at radius 3 is 2.89 bits per heavy atom. The highest BCUT2D eigenvalue weighted by Crippen LogP contribution is 2.18. The molecule has 0 bridgehead atoms. The topological polar surface area (TPSA) is 54.0 Å². The van der Waals surface area contributed by atoms with Gasteiger partial charge < -0.3 is 10.6 Å². The van der Waals surface area contributed by atoms with Crippen LogP contribution in [-0.2, 0) is 11.2 Å². The van der Waals surface area contributed by atoms with E-state index in [4.69, 9.17) is 0 Å². The first-order valence-corrected chi connectivity index (χ1v) is 6.63. The number of carbonyl (C=O) groups excluding carboxylic acids is 1. The summed E-state index contributed by atoms with van der Waals surface area (Å²) in [5.41, 5.74) is 0.822. The summed E-state index contributed by atoms with van der Waals surface area (Å²) in [7, 11) is 0. The molecule has 2 heterocycles. The lowest BCUT2D eigenvalue weighted by Gasteiger charge is -2.33. The number of pyridine rings is 1. The second-order valence-corrected chi connectivity index (χ2v) is 5.08. The van der Waals surface area contributed by atoms with E-state index in [1.54, 1.807) is 12.4 Å². The van der Waals surface area contributed by atoms with Crippen molar-refractivity contribution in [2.24, 2.45) is 0 Å². The predicted molar refractivity (Wildman–Crippen MR) is 71.2 cm³/mol. The van der Waals surface area contributed by atoms with Gasteiger partial charge in [0.25, 0.3) is 0 Å². The van der Waals surface area contributed by atoms with E-state index in [1.165, 1.54) is 12.0 Å². The van der Waals surface area contributed by atoms with Crippen LogP contribution in [0.5, 0.6) is 0 Å². The monoisotopic (exact) mass is 247 g/mol. The van der Waals surface area contributed by atoms with Crippen molar-refractivity contribution in [3.8, 4) is 0 Å². The minimum Gasteiger partial charge on any atom is -0.354 e. The van der Waals surface area contributed by atoms with Gasteiger partial charge in [0.1, 0.15) is 0 Å². The van der Waals surface area contributed by atoms with Crippen LogP contribution >= 0.6 is 0 Å². The van der Waals surface area contributed by atoms with Crippen LogP contribution in [0.4, 0.5) is 0 Å². The maximum absolute atomic E-state index is 12.1. The number of hydrogen-bond acceptors (Lipinski definition) is 3. The summed E-state index contributed by atoms with van der Waals surface area (Å²) >= 11 is 0. The SMILES string of the molecule is CC1(C(=O)NCCc2ccncc2)CCCCN1. The Morgan fingerprint density at radius 1 is 1.44 bits per heavy atom. The normalized spacial score (nSPS) is 23.6. The average Bonchev–Trinajstić information content (AvgIpc) is 2.41. The number of rotatable bonds is 4. The lowest BCUT2D eigenvalue weighted by Crippen LogP contribution is -2.57. The van der Waals surface area contributed by atoms with E-state index < -0.39 is 0 Å². The van der Waals surface area contributed by atoms with E-state index in [2.05, 4.69) is 15.6 Å². The van der Waals surface area contributed by atoms with E-state index in [0.29, 0.717) is 6.54 Å². The number of aromatic nitrogens is 1. The molecule has 0 radical (unpaired) electrons. The minimum atomic E-state index is -0.378. The first-order valence-electron chi connectivity index (χ1n) is 6.63. The molecule has 0 spiro atoms. The van der Waals surface area contributed by atoms with E-state index in [1.807, 2.05) is 19.1 Å². The molecule has 0 saturated carbocycles. The van der Waals surface area contributed by atoms with Crippen molar-refractivity contribution < 1.29 is 4.79 Å². The van der Waals surface area contributed by atoms with Gasteiger partial charge in [-0.15, -0.1) is 0 Å². The molecule has 1 saturated heterocycles. The van der Waals surface area contributed by atoms with Gasteiger partial charge in [0.15, 0.2) is 0 Å². The summed E-state index contributed by atoms with van der Waals surface area (Å²) in [6.07, 6.45) is 7.63. The first kappa shape index (κ1) is 13.0. The highest BCUT2D eigenvalue weighted by atomic mass is 16.2. The molecule has 98 valence electrons. The lowest BCUT2D eigenvalue weighted by atomic mass is 9.90. The summed E-state index contributed by atoms with van der Waals surface area (Å²) in [4.78, 5) is 16.1. The molecular weight excluding hydrogens is 226 g/mol. The average molecular weight is 247 g/mol. The highest BCUT2D eigenvalue weighted by Gasteiger charge is 2.33. The number of carbonyl (C=O) groups is 1. The Hall–Kier alpha value is -1.42. The Balaban J connectivity index is 1.78. The lowest BCUT2D eigenvalue weighted by molar-refractivity contribution is -0.127. The van der Waals surface area contributed by atoms with Gasteiger partial charge in [-0.1, -0.05) is 0 Å². The van der Waals surface area contributed by atoms with Crippen molar-refractivity contribution >= 4 is 5.91 Å². The largest absolute Gasteiger partial charge is 0.354 e. The summed E-state index contributed by atoms with van der Waals surface area (Å²) in [6.45, 7) is 3.61. The Labute approximate surface area is 108 Å². The summed E-state index contributed by atoms with van der Waals surface area (Å²) in [6, 6.07) is 3.96. The number of amides is 1. The number of hydrogen-bond donors (Lipinski definition) is 2. The fourth-order valence-electron chi connectivity index (χ4n) is 2.31. The van der Waals surface area contributed by atoms with Gasteiger partial charge >= 0.3 is 0 Å². The van der Waals surface area contributed by atoms with Crippen LogP contribution in [0.3, 0.4) is 0 Å². The van der Waals surface area contributed by atoms with Crippen LogP contribution in [0, 0.1) is 0 Å². The van der Waals surface area contributed by atoms with Gasteiger partial charge in [0.2, 0.25) is 5.91 Å². The van der Waals surface area contributed by atoms with Crippen molar-refractivity contribution in [1.29, 1.82) is 0 Å². The fourth-order valence-corrected chi connectivity index (χ4v) is 2.31. The van der Waals surface area contributed by atoms with Crippen LogP contribution in [-0.4, -0.2) is 29.5 Å². The van der Waals surface area contributed by atoms with Crippen LogP contribution in [0.25, 0.3) is 0 Å². The van der Waals surface area contributed by atoms with Gasteiger partial charge in [-0.2, -0.15) is 0 Å². The molecule has 0 aromatic carbocycles. The molecule has 0 aliphatic carbocycles. The summed E-state index contributed by atoms with van der Waals surface area (Å²) in [5.74, 6) is 0.122. The second kappa shape index (κ2) is 5.96. The van der Waals surface area contributed by atoms with Gasteiger partial charge in [-0.3, -0.25) is 9.78 Å². The van der Waals surface area contributed by atoms with Crippen LogP contribution in [0.2, 0.25) is 0 Å². The quantitative estimate of drug-likeness (QED) is 0.842. The maximum atomic E-state index is 12.1. The highest BCUT2D eigenvalue weighted by molar-refractivity contribution is 5.85. The zero-order valence-electron chi connectivity index (χ0n) is 10.9. The molecule has 1 aliphatic heterocycles. The molecule has 1 atom stereocenters. The first-order chi connectivity index (χ1) is 8.71. The standard InChI is InChI=1S/C14H21N3O/c1-14(7-2-3-8-17-14)13(18)16-11-6-12-4-9-15-10-5-12/h4-5,9-10,17H,2-3,6-8,11H2,1H3,(H,16,18). The van der Waals surface area contributed by atoms with Crippen molar-refractivity contribution in [3.05, 3.63) is 30.1 Å². The Bertz CT molecular complexity index is 385. The fraction of sp³-hybridized carbons (Fsp3) is 0.571. The third kappa shape index (κ3) is 3.29. The third-order valence-corrected chi connectivity index (χ3v) is 3.57. The number of nitrogens with zero attached hydrogens (tertiary/aromatic N) is 1. The maximum Gasteiger partial charge on any atom is 0.240 e. The van der Waals surface area contributed by atoms with Gasteiger partial charge in [0, 0.05) is 18.9 Å². The van der Waals surface area contributed by atoms with Crippen molar-refractivity contribution in [2.75, 3.05) is 13.1 Å². The molecule has 2 rings (SSSR count). The number of piperidine rings is 1. The molecule has 1 amide bonds. The van der Waals surface area contributed by atoms with E-state index >= 15 is 0 Å². The Kier molecular flexibility index (Phi) is 4.31.